The molecule has 0 spiro atoms. The van der Waals surface area contributed by atoms with Gasteiger partial charge in [0.15, 0.2) is 0 Å². The third kappa shape index (κ3) is 2.51. The first kappa shape index (κ1) is 14.0. The zero-order valence-electron chi connectivity index (χ0n) is 11.1. The standard InChI is InChI=1S/C13H12ClN5OS/c1-7-5-21-12-11(7)16-6-19(13(12)20)4-9-8(14)2-3-10(17-9)18-15/h2-3,5-6H,4,15H2,1H3,(H,17,18). The molecule has 0 aliphatic heterocycles. The maximum Gasteiger partial charge on any atom is 0.271 e. The summed E-state index contributed by atoms with van der Waals surface area (Å²) in [7, 11) is 0. The molecule has 108 valence electrons. The lowest BCUT2D eigenvalue weighted by atomic mass is 10.3. The lowest BCUT2D eigenvalue weighted by Crippen LogP contribution is -2.21. The lowest BCUT2D eigenvalue weighted by molar-refractivity contribution is 0.731. The molecule has 8 heteroatoms. The van der Waals surface area contributed by atoms with E-state index in [9.17, 15) is 4.79 Å². The van der Waals surface area contributed by atoms with Crippen molar-refractivity contribution in [2.75, 3.05) is 5.43 Å². The highest BCUT2D eigenvalue weighted by atomic mass is 35.5. The molecule has 3 N–H and O–H groups in total. The minimum Gasteiger partial charge on any atom is -0.308 e. The van der Waals surface area contributed by atoms with Crippen LogP contribution in [0.5, 0.6) is 0 Å². The minimum absolute atomic E-state index is 0.0953. The molecule has 0 atom stereocenters. The number of aromatic nitrogens is 3. The zero-order chi connectivity index (χ0) is 15.0. The summed E-state index contributed by atoms with van der Waals surface area (Å²) >= 11 is 7.51. The summed E-state index contributed by atoms with van der Waals surface area (Å²) in [6, 6.07) is 3.35. The van der Waals surface area contributed by atoms with Gasteiger partial charge in [0.05, 0.1) is 29.1 Å². The Balaban J connectivity index is 2.06. The number of nitrogen functional groups attached to an aromatic ring is 1. The summed E-state index contributed by atoms with van der Waals surface area (Å²) in [5, 5.41) is 2.40. The Bertz CT molecular complexity index is 873. The second-order valence-corrected chi connectivity index (χ2v) is 5.83. The summed E-state index contributed by atoms with van der Waals surface area (Å²) < 4.78 is 2.13. The van der Waals surface area contributed by atoms with Crippen LogP contribution in [-0.4, -0.2) is 14.5 Å². The number of hydrogen-bond acceptors (Lipinski definition) is 6. The van der Waals surface area contributed by atoms with E-state index in [-0.39, 0.29) is 12.1 Å². The van der Waals surface area contributed by atoms with Crippen molar-refractivity contribution in [3.63, 3.8) is 0 Å². The Hall–Kier alpha value is -1.96. The lowest BCUT2D eigenvalue weighted by Gasteiger charge is -2.08. The number of fused-ring (bicyclic) bond motifs is 1. The van der Waals surface area contributed by atoms with Crippen molar-refractivity contribution in [1.82, 2.24) is 14.5 Å². The van der Waals surface area contributed by atoms with Gasteiger partial charge in [-0.15, -0.1) is 11.3 Å². The number of hydrazine groups is 1. The molecule has 3 rings (SSSR count). The number of nitrogens with one attached hydrogen (secondary N) is 1. The van der Waals surface area contributed by atoms with Gasteiger partial charge in [-0.3, -0.25) is 9.36 Å². The van der Waals surface area contributed by atoms with Gasteiger partial charge < -0.3 is 5.43 Å². The average Bonchev–Trinajstić information content (AvgIpc) is 2.86. The second-order valence-electron chi connectivity index (χ2n) is 4.54. The molecule has 21 heavy (non-hydrogen) atoms. The van der Waals surface area contributed by atoms with Gasteiger partial charge in [0.2, 0.25) is 0 Å². The van der Waals surface area contributed by atoms with E-state index in [0.717, 1.165) is 11.1 Å². The highest BCUT2D eigenvalue weighted by Crippen LogP contribution is 2.20. The van der Waals surface area contributed by atoms with Crippen LogP contribution in [0.3, 0.4) is 0 Å². The van der Waals surface area contributed by atoms with Gasteiger partial charge in [-0.25, -0.2) is 15.8 Å². The van der Waals surface area contributed by atoms with E-state index in [1.165, 1.54) is 22.2 Å². The maximum absolute atomic E-state index is 12.4. The fourth-order valence-electron chi connectivity index (χ4n) is 2.01. The molecule has 0 radical (unpaired) electrons. The Labute approximate surface area is 129 Å². The van der Waals surface area contributed by atoms with E-state index >= 15 is 0 Å². The Morgan fingerprint density at radius 2 is 2.29 bits per heavy atom. The predicted molar refractivity (Wildman–Crippen MR) is 84.8 cm³/mol. The summed E-state index contributed by atoms with van der Waals surface area (Å²) in [6.45, 7) is 2.18. The summed E-state index contributed by atoms with van der Waals surface area (Å²) in [4.78, 5) is 21.0. The monoisotopic (exact) mass is 321 g/mol. The maximum atomic E-state index is 12.4. The van der Waals surface area contributed by atoms with Gasteiger partial charge in [0, 0.05) is 0 Å². The normalized spacial score (nSPS) is 11.0. The first-order valence-electron chi connectivity index (χ1n) is 6.15. The molecule has 3 aromatic heterocycles. The van der Waals surface area contributed by atoms with E-state index in [1.54, 1.807) is 12.1 Å². The molecule has 0 aliphatic rings. The number of anilines is 1. The molecule has 6 nitrogen and oxygen atoms in total. The summed E-state index contributed by atoms with van der Waals surface area (Å²) in [5.41, 5.74) is 4.67. The SMILES string of the molecule is Cc1csc2c(=O)n(Cc3nc(NN)ccc3Cl)cnc12. The first-order valence-corrected chi connectivity index (χ1v) is 7.41. The first-order chi connectivity index (χ1) is 10.1. The van der Waals surface area contributed by atoms with E-state index < -0.39 is 0 Å². The van der Waals surface area contributed by atoms with Crippen molar-refractivity contribution >= 4 is 39.0 Å². The number of hydrogen-bond donors (Lipinski definition) is 2. The van der Waals surface area contributed by atoms with Crippen LogP contribution in [-0.2, 0) is 6.54 Å². The van der Waals surface area contributed by atoms with Crippen molar-refractivity contribution in [1.29, 1.82) is 0 Å². The summed E-state index contributed by atoms with van der Waals surface area (Å²) in [6.07, 6.45) is 1.52. The molecule has 0 aliphatic carbocycles. The number of thiophene rings is 1. The van der Waals surface area contributed by atoms with Gasteiger partial charge in [0.25, 0.3) is 5.56 Å². The largest absolute Gasteiger partial charge is 0.308 e. The molecule has 0 bridgehead atoms. The second kappa shape index (κ2) is 5.44. The van der Waals surface area contributed by atoms with E-state index in [0.29, 0.717) is 21.2 Å². The molecule has 0 aromatic carbocycles. The molecule has 0 saturated heterocycles. The number of rotatable bonds is 3. The van der Waals surface area contributed by atoms with Crippen molar-refractivity contribution in [2.45, 2.75) is 13.5 Å². The van der Waals surface area contributed by atoms with E-state index in [2.05, 4.69) is 15.4 Å². The quantitative estimate of drug-likeness (QED) is 0.570. The topological polar surface area (TPSA) is 85.8 Å². The number of aryl methyl sites for hydroxylation is 1. The fraction of sp³-hybridized carbons (Fsp3) is 0.154. The Kier molecular flexibility index (Phi) is 3.62. The number of halogens is 1. The van der Waals surface area contributed by atoms with Crippen LogP contribution in [0, 0.1) is 6.92 Å². The van der Waals surface area contributed by atoms with Crippen LogP contribution in [0.2, 0.25) is 5.02 Å². The minimum atomic E-state index is -0.0953. The molecular weight excluding hydrogens is 310 g/mol. The van der Waals surface area contributed by atoms with Crippen LogP contribution < -0.4 is 16.8 Å². The van der Waals surface area contributed by atoms with Crippen LogP contribution >= 0.6 is 22.9 Å². The molecule has 3 aromatic rings. The zero-order valence-corrected chi connectivity index (χ0v) is 12.7. The fourth-order valence-corrected chi connectivity index (χ4v) is 3.12. The molecular formula is C13H12ClN5OS. The summed E-state index contributed by atoms with van der Waals surface area (Å²) in [5.74, 6) is 5.82. The van der Waals surface area contributed by atoms with Gasteiger partial charge in [-0.2, -0.15) is 0 Å². The van der Waals surface area contributed by atoms with Crippen LogP contribution in [0.4, 0.5) is 5.82 Å². The third-order valence-corrected chi connectivity index (χ3v) is 4.53. The molecule has 3 heterocycles. The smallest absolute Gasteiger partial charge is 0.271 e. The number of nitrogens with two attached hydrogens (primary N) is 1. The Morgan fingerprint density at radius 1 is 1.48 bits per heavy atom. The number of pyridine rings is 1. The highest BCUT2D eigenvalue weighted by Gasteiger charge is 2.11. The van der Waals surface area contributed by atoms with Crippen molar-refractivity contribution < 1.29 is 0 Å². The van der Waals surface area contributed by atoms with Crippen molar-refractivity contribution in [2.24, 2.45) is 5.84 Å². The molecule has 0 unspecified atom stereocenters. The van der Waals surface area contributed by atoms with Crippen LogP contribution in [0.1, 0.15) is 11.3 Å². The van der Waals surface area contributed by atoms with Gasteiger partial charge in [-0.05, 0) is 30.0 Å². The Morgan fingerprint density at radius 3 is 3.05 bits per heavy atom. The van der Waals surface area contributed by atoms with Crippen LogP contribution in [0.25, 0.3) is 10.2 Å². The molecule has 0 saturated carbocycles. The predicted octanol–water partition coefficient (Wildman–Crippen LogP) is 2.15. The number of nitrogens with zero attached hydrogens (tertiary/aromatic N) is 3. The van der Waals surface area contributed by atoms with Gasteiger partial charge >= 0.3 is 0 Å². The highest BCUT2D eigenvalue weighted by molar-refractivity contribution is 7.17. The van der Waals surface area contributed by atoms with E-state index in [4.69, 9.17) is 17.4 Å². The molecule has 0 amide bonds. The third-order valence-electron chi connectivity index (χ3n) is 3.11. The van der Waals surface area contributed by atoms with Crippen molar-refractivity contribution in [3.05, 3.63) is 50.5 Å². The van der Waals surface area contributed by atoms with E-state index in [1.807, 2.05) is 12.3 Å². The van der Waals surface area contributed by atoms with Crippen molar-refractivity contribution in [3.8, 4) is 0 Å². The average molecular weight is 322 g/mol. The van der Waals surface area contributed by atoms with Gasteiger partial charge in [0.1, 0.15) is 10.5 Å². The van der Waals surface area contributed by atoms with Gasteiger partial charge in [-0.1, -0.05) is 11.6 Å². The molecule has 0 fully saturated rings. The van der Waals surface area contributed by atoms with Crippen LogP contribution in [0.15, 0.2) is 28.6 Å².